The number of imidazole rings is 1. The van der Waals surface area contributed by atoms with Crippen LogP contribution in [0, 0.1) is 0 Å². The normalized spacial score (nSPS) is 20.8. The number of carbonyl (C=O) groups is 2. The van der Waals surface area contributed by atoms with Gasteiger partial charge < -0.3 is 14.8 Å². The van der Waals surface area contributed by atoms with Gasteiger partial charge in [-0.2, -0.15) is 11.8 Å². The monoisotopic (exact) mass is 336 g/mol. The molecule has 0 unspecified atom stereocenters. The molecule has 23 heavy (non-hydrogen) atoms. The molecular weight excluding hydrogens is 312 g/mol. The molecule has 126 valence electrons. The quantitative estimate of drug-likeness (QED) is 0.882. The summed E-state index contributed by atoms with van der Waals surface area (Å²) in [7, 11) is 0. The first kappa shape index (κ1) is 16.4. The van der Waals surface area contributed by atoms with Crippen LogP contribution in [-0.2, 0) is 22.6 Å². The van der Waals surface area contributed by atoms with Gasteiger partial charge in [-0.25, -0.2) is 4.98 Å². The average Bonchev–Trinajstić information content (AvgIpc) is 2.87. The molecule has 7 heteroatoms. The minimum atomic E-state index is -0.0353. The van der Waals surface area contributed by atoms with Crippen molar-refractivity contribution >= 4 is 23.6 Å². The lowest BCUT2D eigenvalue weighted by Crippen LogP contribution is -2.41. The second-order valence-electron chi connectivity index (χ2n) is 6.35. The standard InChI is InChI=1S/C16H24N4O2S/c1-11-16-18-13(8-14(21)17-12-4-3-5-12)9-19(16)6-7-20(11)15(22)10-23-2/h9,11-12H,3-8,10H2,1-2H3,(H,17,21)/t11-/m1/s1. The zero-order valence-electron chi connectivity index (χ0n) is 13.7. The largest absolute Gasteiger partial charge is 0.353 e. The number of fused-ring (bicyclic) bond motifs is 1. The van der Waals surface area contributed by atoms with Gasteiger partial charge in [0.05, 0.1) is 23.9 Å². The molecule has 2 heterocycles. The van der Waals surface area contributed by atoms with E-state index in [0.717, 1.165) is 30.9 Å². The highest BCUT2D eigenvalue weighted by Crippen LogP contribution is 2.25. The van der Waals surface area contributed by atoms with E-state index < -0.39 is 0 Å². The Morgan fingerprint density at radius 2 is 2.17 bits per heavy atom. The minimum absolute atomic E-state index is 0.0353. The Bertz CT molecular complexity index is 597. The lowest BCUT2D eigenvalue weighted by atomic mass is 9.93. The molecule has 1 aromatic heterocycles. The second-order valence-corrected chi connectivity index (χ2v) is 7.22. The average molecular weight is 336 g/mol. The third-order valence-corrected chi connectivity index (χ3v) is 5.22. The van der Waals surface area contributed by atoms with E-state index in [4.69, 9.17) is 0 Å². The van der Waals surface area contributed by atoms with Gasteiger partial charge in [-0.1, -0.05) is 0 Å². The summed E-state index contributed by atoms with van der Waals surface area (Å²) in [5, 5.41) is 3.04. The molecule has 1 aromatic rings. The smallest absolute Gasteiger partial charge is 0.233 e. The molecule has 3 rings (SSSR count). The molecule has 0 radical (unpaired) electrons. The highest BCUT2D eigenvalue weighted by molar-refractivity contribution is 7.99. The molecule has 1 aliphatic carbocycles. The van der Waals surface area contributed by atoms with Crippen LogP contribution in [-0.4, -0.2) is 50.9 Å². The van der Waals surface area contributed by atoms with Crippen molar-refractivity contribution in [1.29, 1.82) is 0 Å². The van der Waals surface area contributed by atoms with Gasteiger partial charge in [0.1, 0.15) is 5.82 Å². The maximum Gasteiger partial charge on any atom is 0.233 e. The maximum absolute atomic E-state index is 12.2. The first-order chi connectivity index (χ1) is 11.1. The predicted octanol–water partition coefficient (Wildman–Crippen LogP) is 1.36. The van der Waals surface area contributed by atoms with Gasteiger partial charge in [0.2, 0.25) is 11.8 Å². The molecule has 2 amide bonds. The highest BCUT2D eigenvalue weighted by Gasteiger charge is 2.29. The first-order valence-electron chi connectivity index (χ1n) is 8.22. The highest BCUT2D eigenvalue weighted by atomic mass is 32.2. The number of aromatic nitrogens is 2. The number of hydrogen-bond acceptors (Lipinski definition) is 4. The van der Waals surface area contributed by atoms with Crippen LogP contribution in [0.25, 0.3) is 0 Å². The summed E-state index contributed by atoms with van der Waals surface area (Å²) in [6, 6.07) is 0.324. The third kappa shape index (κ3) is 3.54. The molecule has 1 saturated carbocycles. The van der Waals surface area contributed by atoms with Gasteiger partial charge in [-0.3, -0.25) is 9.59 Å². The van der Waals surface area contributed by atoms with Gasteiger partial charge in [0.15, 0.2) is 0 Å². The summed E-state index contributed by atoms with van der Waals surface area (Å²) in [6.07, 6.45) is 7.61. The van der Waals surface area contributed by atoms with Crippen LogP contribution in [0.1, 0.15) is 43.7 Å². The zero-order valence-corrected chi connectivity index (χ0v) is 14.6. The SMILES string of the molecule is CSCC(=O)N1CCn2cc(CC(=O)NC3CCC3)nc2[C@H]1C. The second kappa shape index (κ2) is 6.95. The molecule has 1 N–H and O–H groups in total. The van der Waals surface area contributed by atoms with E-state index in [1.54, 1.807) is 11.8 Å². The lowest BCUT2D eigenvalue weighted by molar-refractivity contribution is -0.131. The summed E-state index contributed by atoms with van der Waals surface area (Å²) in [4.78, 5) is 30.7. The molecule has 1 aliphatic heterocycles. The van der Waals surface area contributed by atoms with Crippen LogP contribution >= 0.6 is 11.8 Å². The number of nitrogens with one attached hydrogen (secondary N) is 1. The summed E-state index contributed by atoms with van der Waals surface area (Å²) in [6.45, 7) is 3.46. The Balaban J connectivity index is 1.65. The number of hydrogen-bond donors (Lipinski definition) is 1. The lowest BCUT2D eigenvalue weighted by Gasteiger charge is -2.33. The summed E-state index contributed by atoms with van der Waals surface area (Å²) < 4.78 is 2.08. The number of carbonyl (C=O) groups excluding carboxylic acids is 2. The molecule has 0 saturated heterocycles. The summed E-state index contributed by atoms with van der Waals surface area (Å²) in [5.74, 6) is 1.59. The fourth-order valence-electron chi connectivity index (χ4n) is 3.18. The topological polar surface area (TPSA) is 67.2 Å². The Hall–Kier alpha value is -1.50. The van der Waals surface area contributed by atoms with Crippen molar-refractivity contribution in [2.24, 2.45) is 0 Å². The van der Waals surface area contributed by atoms with E-state index in [1.165, 1.54) is 6.42 Å². The van der Waals surface area contributed by atoms with Crippen molar-refractivity contribution in [3.8, 4) is 0 Å². The van der Waals surface area contributed by atoms with E-state index in [1.807, 2.05) is 24.3 Å². The van der Waals surface area contributed by atoms with Crippen molar-refractivity contribution in [2.75, 3.05) is 18.6 Å². The molecule has 1 fully saturated rings. The van der Waals surface area contributed by atoms with Gasteiger partial charge in [0, 0.05) is 25.3 Å². The van der Waals surface area contributed by atoms with Crippen LogP contribution in [0.4, 0.5) is 0 Å². The van der Waals surface area contributed by atoms with Gasteiger partial charge in [-0.15, -0.1) is 0 Å². The van der Waals surface area contributed by atoms with E-state index >= 15 is 0 Å². The fourth-order valence-corrected chi connectivity index (χ4v) is 3.59. The predicted molar refractivity (Wildman–Crippen MR) is 90.2 cm³/mol. The molecule has 0 bridgehead atoms. The molecule has 0 aromatic carbocycles. The first-order valence-corrected chi connectivity index (χ1v) is 9.61. The molecule has 6 nitrogen and oxygen atoms in total. The minimum Gasteiger partial charge on any atom is -0.353 e. The zero-order chi connectivity index (χ0) is 16.4. The van der Waals surface area contributed by atoms with Crippen molar-refractivity contribution in [3.63, 3.8) is 0 Å². The van der Waals surface area contributed by atoms with Crippen LogP contribution in [0.2, 0.25) is 0 Å². The molecular formula is C16H24N4O2S. The van der Waals surface area contributed by atoms with Crippen molar-refractivity contribution in [1.82, 2.24) is 19.8 Å². The van der Waals surface area contributed by atoms with Crippen LogP contribution in [0.3, 0.4) is 0 Å². The molecule has 2 aliphatic rings. The van der Waals surface area contributed by atoms with Crippen LogP contribution < -0.4 is 5.32 Å². The van der Waals surface area contributed by atoms with Crippen molar-refractivity contribution < 1.29 is 9.59 Å². The molecule has 0 spiro atoms. The number of nitrogens with zero attached hydrogens (tertiary/aromatic N) is 3. The summed E-state index contributed by atoms with van der Waals surface area (Å²) in [5.41, 5.74) is 0.794. The van der Waals surface area contributed by atoms with Crippen molar-refractivity contribution in [3.05, 3.63) is 17.7 Å². The van der Waals surface area contributed by atoms with E-state index in [9.17, 15) is 9.59 Å². The van der Waals surface area contributed by atoms with Gasteiger partial charge >= 0.3 is 0 Å². The van der Waals surface area contributed by atoms with Gasteiger partial charge in [0.25, 0.3) is 0 Å². The Kier molecular flexibility index (Phi) is 4.94. The van der Waals surface area contributed by atoms with E-state index in [2.05, 4.69) is 14.9 Å². The van der Waals surface area contributed by atoms with Crippen molar-refractivity contribution in [2.45, 2.75) is 51.2 Å². The van der Waals surface area contributed by atoms with E-state index in [0.29, 0.717) is 24.8 Å². The number of thioether (sulfide) groups is 1. The maximum atomic E-state index is 12.2. The van der Waals surface area contributed by atoms with Gasteiger partial charge in [-0.05, 0) is 32.4 Å². The number of amides is 2. The van der Waals surface area contributed by atoms with Crippen LogP contribution in [0.15, 0.2) is 6.20 Å². The Morgan fingerprint density at radius 3 is 2.83 bits per heavy atom. The molecule has 1 atom stereocenters. The van der Waals surface area contributed by atoms with E-state index in [-0.39, 0.29) is 17.9 Å². The fraction of sp³-hybridized carbons (Fsp3) is 0.688. The summed E-state index contributed by atoms with van der Waals surface area (Å²) >= 11 is 1.54. The number of rotatable bonds is 5. The third-order valence-electron chi connectivity index (χ3n) is 4.68. The Labute approximate surface area is 141 Å². The van der Waals surface area contributed by atoms with Crippen LogP contribution in [0.5, 0.6) is 0 Å². The Morgan fingerprint density at radius 1 is 1.39 bits per heavy atom.